The zero-order valence-electron chi connectivity index (χ0n) is 7.74. The van der Waals surface area contributed by atoms with Gasteiger partial charge in [0.05, 0.1) is 6.54 Å². The molecule has 0 aliphatic heterocycles. The lowest BCUT2D eigenvalue weighted by Gasteiger charge is -1.94. The summed E-state index contributed by atoms with van der Waals surface area (Å²) in [6, 6.07) is 4.27. The molecule has 1 aromatic rings. The standard InChI is InChI=1S/C9H15N2.2BrH/c1-2-9-3-6-11(7-4-9)8-5-10;;/h3-4,6-7H,2,5,8,10H2,1H3;2*1H/q+1;;/p-1. The van der Waals surface area contributed by atoms with Crippen molar-refractivity contribution in [1.82, 2.24) is 0 Å². The minimum absolute atomic E-state index is 0. The molecular formula is C9H16Br2N2. The van der Waals surface area contributed by atoms with Crippen molar-refractivity contribution in [3.05, 3.63) is 30.1 Å². The molecule has 13 heavy (non-hydrogen) atoms. The number of nitrogens with zero attached hydrogens (tertiary/aromatic N) is 1. The van der Waals surface area contributed by atoms with Crippen LogP contribution in [0.5, 0.6) is 0 Å². The maximum Gasteiger partial charge on any atom is 0.169 e. The fraction of sp³-hybridized carbons (Fsp3) is 0.444. The summed E-state index contributed by atoms with van der Waals surface area (Å²) in [6.07, 6.45) is 5.25. The smallest absolute Gasteiger partial charge is 0.169 e. The van der Waals surface area contributed by atoms with E-state index < -0.39 is 0 Å². The topological polar surface area (TPSA) is 29.9 Å². The molecule has 1 heterocycles. The van der Waals surface area contributed by atoms with Crippen LogP contribution in [-0.2, 0) is 13.0 Å². The highest BCUT2D eigenvalue weighted by Crippen LogP contribution is 1.94. The Labute approximate surface area is 101 Å². The number of aromatic nitrogens is 1. The number of rotatable bonds is 3. The SMILES string of the molecule is Br.CCc1cc[n+](CCN)cc1.[Br-]. The van der Waals surface area contributed by atoms with Gasteiger partial charge in [0, 0.05) is 12.1 Å². The summed E-state index contributed by atoms with van der Waals surface area (Å²) >= 11 is 0. The van der Waals surface area contributed by atoms with Crippen LogP contribution in [0.4, 0.5) is 0 Å². The van der Waals surface area contributed by atoms with Gasteiger partial charge >= 0.3 is 0 Å². The van der Waals surface area contributed by atoms with Crippen LogP contribution in [0.25, 0.3) is 0 Å². The molecule has 0 bridgehead atoms. The third-order valence-corrected chi connectivity index (χ3v) is 1.76. The molecule has 0 radical (unpaired) electrons. The predicted molar refractivity (Wildman–Crippen MR) is 55.4 cm³/mol. The van der Waals surface area contributed by atoms with Crippen molar-refractivity contribution < 1.29 is 21.5 Å². The monoisotopic (exact) mass is 310 g/mol. The molecule has 0 amide bonds. The van der Waals surface area contributed by atoms with Crippen molar-refractivity contribution in [3.8, 4) is 0 Å². The maximum absolute atomic E-state index is 5.41. The molecule has 0 spiro atoms. The van der Waals surface area contributed by atoms with E-state index in [1.54, 1.807) is 0 Å². The van der Waals surface area contributed by atoms with Gasteiger partial charge in [0.2, 0.25) is 0 Å². The van der Waals surface area contributed by atoms with E-state index in [4.69, 9.17) is 5.73 Å². The lowest BCUT2D eigenvalue weighted by Crippen LogP contribution is -3.00. The molecule has 0 saturated carbocycles. The third kappa shape index (κ3) is 5.39. The molecule has 0 aliphatic carbocycles. The molecule has 0 aromatic carbocycles. The second-order valence-electron chi connectivity index (χ2n) is 2.59. The van der Waals surface area contributed by atoms with E-state index in [0.717, 1.165) is 13.0 Å². The van der Waals surface area contributed by atoms with Gasteiger partial charge < -0.3 is 22.7 Å². The van der Waals surface area contributed by atoms with Crippen LogP contribution in [0.2, 0.25) is 0 Å². The highest BCUT2D eigenvalue weighted by Gasteiger charge is 1.96. The number of hydrogen-bond acceptors (Lipinski definition) is 1. The molecule has 2 N–H and O–H groups in total. The summed E-state index contributed by atoms with van der Waals surface area (Å²) < 4.78 is 2.10. The van der Waals surface area contributed by atoms with E-state index in [1.807, 2.05) is 0 Å². The van der Waals surface area contributed by atoms with Crippen LogP contribution < -0.4 is 27.3 Å². The maximum atomic E-state index is 5.41. The number of aryl methyl sites for hydroxylation is 1. The zero-order valence-corrected chi connectivity index (χ0v) is 11.0. The summed E-state index contributed by atoms with van der Waals surface area (Å²) in [7, 11) is 0. The first-order chi connectivity index (χ1) is 5.36. The Morgan fingerprint density at radius 2 is 1.85 bits per heavy atom. The first kappa shape index (κ1) is 15.5. The van der Waals surface area contributed by atoms with E-state index in [9.17, 15) is 0 Å². The van der Waals surface area contributed by atoms with Crippen molar-refractivity contribution in [1.29, 1.82) is 0 Å². The molecule has 4 heteroatoms. The van der Waals surface area contributed by atoms with Gasteiger partial charge in [0.1, 0.15) is 0 Å². The first-order valence-corrected chi connectivity index (χ1v) is 4.05. The largest absolute Gasteiger partial charge is 1.00 e. The molecule has 2 nitrogen and oxygen atoms in total. The van der Waals surface area contributed by atoms with Crippen LogP contribution in [0, 0.1) is 0 Å². The Morgan fingerprint density at radius 3 is 2.23 bits per heavy atom. The molecule has 1 rings (SSSR count). The van der Waals surface area contributed by atoms with E-state index in [2.05, 4.69) is 36.0 Å². The summed E-state index contributed by atoms with van der Waals surface area (Å²) in [4.78, 5) is 0. The van der Waals surface area contributed by atoms with Crippen LogP contribution >= 0.6 is 17.0 Å². The van der Waals surface area contributed by atoms with E-state index in [-0.39, 0.29) is 34.0 Å². The quantitative estimate of drug-likeness (QED) is 0.648. The van der Waals surface area contributed by atoms with E-state index in [0.29, 0.717) is 6.54 Å². The fourth-order valence-electron chi connectivity index (χ4n) is 1.02. The lowest BCUT2D eigenvalue weighted by atomic mass is 10.2. The van der Waals surface area contributed by atoms with Gasteiger partial charge in [-0.2, -0.15) is 0 Å². The fourth-order valence-corrected chi connectivity index (χ4v) is 1.02. The Balaban J connectivity index is 0. The van der Waals surface area contributed by atoms with E-state index in [1.165, 1.54) is 5.56 Å². The van der Waals surface area contributed by atoms with Crippen LogP contribution in [0.15, 0.2) is 24.5 Å². The third-order valence-electron chi connectivity index (χ3n) is 1.76. The number of nitrogens with two attached hydrogens (primary N) is 1. The molecule has 0 unspecified atom stereocenters. The van der Waals surface area contributed by atoms with Gasteiger partial charge in [-0.05, 0) is 12.0 Å². The summed E-state index contributed by atoms with van der Waals surface area (Å²) in [5.41, 5.74) is 6.78. The van der Waals surface area contributed by atoms with Crippen molar-refractivity contribution in [2.75, 3.05) is 6.54 Å². The summed E-state index contributed by atoms with van der Waals surface area (Å²) in [5.74, 6) is 0. The first-order valence-electron chi connectivity index (χ1n) is 4.05. The van der Waals surface area contributed by atoms with Crippen LogP contribution in [-0.4, -0.2) is 6.54 Å². The normalized spacial score (nSPS) is 8.46. The second-order valence-corrected chi connectivity index (χ2v) is 2.59. The van der Waals surface area contributed by atoms with Crippen molar-refractivity contribution >= 4 is 17.0 Å². The lowest BCUT2D eigenvalue weighted by molar-refractivity contribution is -0.694. The van der Waals surface area contributed by atoms with Gasteiger partial charge in [-0.3, -0.25) is 0 Å². The minimum atomic E-state index is 0. The molecule has 1 aromatic heterocycles. The van der Waals surface area contributed by atoms with Crippen molar-refractivity contribution in [2.45, 2.75) is 19.9 Å². The summed E-state index contributed by atoms with van der Waals surface area (Å²) in [6.45, 7) is 3.77. The molecule has 76 valence electrons. The molecule has 0 saturated heterocycles. The Kier molecular flexibility index (Phi) is 10.3. The highest BCUT2D eigenvalue weighted by atomic mass is 79.9. The number of pyridine rings is 1. The number of hydrogen-bond donors (Lipinski definition) is 1. The Bertz CT molecular complexity index is 211. The van der Waals surface area contributed by atoms with Crippen molar-refractivity contribution in [2.24, 2.45) is 5.73 Å². The second kappa shape index (κ2) is 8.66. The highest BCUT2D eigenvalue weighted by molar-refractivity contribution is 8.93. The zero-order chi connectivity index (χ0) is 8.10. The summed E-state index contributed by atoms with van der Waals surface area (Å²) in [5, 5.41) is 0. The average molecular weight is 312 g/mol. The van der Waals surface area contributed by atoms with Crippen LogP contribution in [0.1, 0.15) is 12.5 Å². The minimum Gasteiger partial charge on any atom is -1.00 e. The van der Waals surface area contributed by atoms with Gasteiger partial charge in [-0.15, -0.1) is 17.0 Å². The predicted octanol–water partition coefficient (Wildman–Crippen LogP) is -1.92. The molecular weight excluding hydrogens is 296 g/mol. The van der Waals surface area contributed by atoms with Crippen LogP contribution in [0.3, 0.4) is 0 Å². The van der Waals surface area contributed by atoms with Crippen molar-refractivity contribution in [3.63, 3.8) is 0 Å². The van der Waals surface area contributed by atoms with E-state index >= 15 is 0 Å². The van der Waals surface area contributed by atoms with Gasteiger partial charge in [0.25, 0.3) is 0 Å². The van der Waals surface area contributed by atoms with Gasteiger partial charge in [-0.1, -0.05) is 6.92 Å². The Hall–Kier alpha value is 0.0700. The van der Waals surface area contributed by atoms with Gasteiger partial charge in [-0.25, -0.2) is 4.57 Å². The average Bonchev–Trinajstić information content (AvgIpc) is 2.07. The number of halogens is 2. The Morgan fingerprint density at radius 1 is 1.31 bits per heavy atom. The van der Waals surface area contributed by atoms with Gasteiger partial charge in [0.15, 0.2) is 18.9 Å². The molecule has 0 atom stereocenters. The molecule has 0 fully saturated rings. The molecule has 0 aliphatic rings.